The Morgan fingerprint density at radius 2 is 2.16 bits per heavy atom. The molecule has 2 nitrogen and oxygen atoms in total. The minimum absolute atomic E-state index is 0.721. The Morgan fingerprint density at radius 1 is 1.21 bits per heavy atom. The molecule has 2 aliphatic rings. The van der Waals surface area contributed by atoms with Crippen molar-refractivity contribution in [2.75, 3.05) is 0 Å². The minimum Gasteiger partial charge on any atom is -0.211 e. The third-order valence-corrected chi connectivity index (χ3v) is 3.95. The molecule has 2 aromatic rings. The monoisotopic (exact) mass is 245 g/mol. The predicted octanol–water partition coefficient (Wildman–Crippen LogP) is 4.16. The zero-order valence-corrected chi connectivity index (χ0v) is 10.3. The van der Waals surface area contributed by atoms with Crippen LogP contribution in [0.1, 0.15) is 23.1 Å². The van der Waals surface area contributed by atoms with Crippen LogP contribution in [0.25, 0.3) is 22.4 Å². The van der Waals surface area contributed by atoms with E-state index in [1.165, 1.54) is 22.1 Å². The fourth-order valence-electron chi connectivity index (χ4n) is 3.17. The van der Waals surface area contributed by atoms with Crippen molar-refractivity contribution < 1.29 is 4.79 Å². The summed E-state index contributed by atoms with van der Waals surface area (Å²) in [4.78, 5) is 14.5. The number of rotatable bonds is 1. The van der Waals surface area contributed by atoms with Crippen LogP contribution in [0.15, 0.2) is 41.4 Å². The molecule has 4 rings (SSSR count). The van der Waals surface area contributed by atoms with Gasteiger partial charge in [-0.25, -0.2) is 4.79 Å². The number of benzene rings is 2. The van der Waals surface area contributed by atoms with Crippen molar-refractivity contribution >= 4 is 34.2 Å². The molecule has 0 amide bonds. The van der Waals surface area contributed by atoms with Crippen LogP contribution in [0.5, 0.6) is 0 Å². The highest BCUT2D eigenvalue weighted by Gasteiger charge is 2.21. The van der Waals surface area contributed by atoms with Gasteiger partial charge >= 0.3 is 0 Å². The number of hydrogen-bond donors (Lipinski definition) is 0. The van der Waals surface area contributed by atoms with E-state index in [2.05, 4.69) is 29.3 Å². The van der Waals surface area contributed by atoms with Gasteiger partial charge in [0.2, 0.25) is 6.08 Å². The molecule has 0 heterocycles. The second-order valence-corrected chi connectivity index (χ2v) is 4.94. The molecule has 19 heavy (non-hydrogen) atoms. The Hall–Kier alpha value is -2.44. The van der Waals surface area contributed by atoms with Gasteiger partial charge in [0, 0.05) is 5.39 Å². The van der Waals surface area contributed by atoms with Crippen LogP contribution in [0.3, 0.4) is 0 Å². The van der Waals surface area contributed by atoms with Gasteiger partial charge in [0.15, 0.2) is 0 Å². The van der Waals surface area contributed by atoms with Crippen LogP contribution < -0.4 is 0 Å². The first kappa shape index (κ1) is 10.5. The van der Waals surface area contributed by atoms with E-state index in [1.54, 1.807) is 6.08 Å². The zero-order valence-electron chi connectivity index (χ0n) is 10.3. The van der Waals surface area contributed by atoms with Gasteiger partial charge in [-0.15, -0.1) is 0 Å². The molecule has 0 atom stereocenters. The van der Waals surface area contributed by atoms with Crippen molar-refractivity contribution in [3.8, 4) is 0 Å². The van der Waals surface area contributed by atoms with Crippen molar-refractivity contribution in [2.45, 2.75) is 12.8 Å². The van der Waals surface area contributed by atoms with Gasteiger partial charge in [0.1, 0.15) is 0 Å². The summed E-state index contributed by atoms with van der Waals surface area (Å²) < 4.78 is 0. The van der Waals surface area contributed by atoms with Crippen LogP contribution in [-0.2, 0) is 11.2 Å². The highest BCUT2D eigenvalue weighted by Crippen LogP contribution is 2.43. The molecule has 0 spiro atoms. The molecule has 0 aliphatic heterocycles. The fraction of sp³-hybridized carbons (Fsp3) is 0.118. The average Bonchev–Trinajstić information content (AvgIpc) is 2.46. The summed E-state index contributed by atoms with van der Waals surface area (Å²) in [5.41, 5.74) is 5.91. The van der Waals surface area contributed by atoms with Crippen molar-refractivity contribution in [1.82, 2.24) is 0 Å². The normalized spacial score (nSPS) is 15.1. The third kappa shape index (κ3) is 1.38. The van der Waals surface area contributed by atoms with Gasteiger partial charge in [0.05, 0.1) is 5.69 Å². The van der Waals surface area contributed by atoms with Crippen LogP contribution in [-0.4, -0.2) is 6.08 Å². The molecule has 0 saturated carbocycles. The van der Waals surface area contributed by atoms with E-state index in [-0.39, 0.29) is 0 Å². The van der Waals surface area contributed by atoms with Crippen molar-refractivity contribution in [2.24, 2.45) is 4.99 Å². The van der Waals surface area contributed by atoms with E-state index in [4.69, 9.17) is 0 Å². The summed E-state index contributed by atoms with van der Waals surface area (Å²) in [7, 11) is 0. The smallest absolute Gasteiger partial charge is 0.211 e. The van der Waals surface area contributed by atoms with Crippen molar-refractivity contribution in [3.63, 3.8) is 0 Å². The van der Waals surface area contributed by atoms with E-state index in [9.17, 15) is 4.79 Å². The lowest BCUT2D eigenvalue weighted by molar-refractivity contribution is 0.565. The minimum atomic E-state index is 0.721. The molecule has 0 saturated heterocycles. The van der Waals surface area contributed by atoms with Gasteiger partial charge in [0.25, 0.3) is 0 Å². The lowest BCUT2D eigenvalue weighted by Crippen LogP contribution is -2.03. The number of allylic oxidation sites excluding steroid dienone is 3. The van der Waals surface area contributed by atoms with Crippen LogP contribution >= 0.6 is 0 Å². The Balaban J connectivity index is 2.25. The molecule has 0 N–H and O–H groups in total. The van der Waals surface area contributed by atoms with Crippen molar-refractivity contribution in [3.05, 3.63) is 53.1 Å². The Kier molecular flexibility index (Phi) is 2.08. The lowest BCUT2D eigenvalue weighted by Gasteiger charge is -2.23. The molecule has 2 aliphatic carbocycles. The average molecular weight is 245 g/mol. The van der Waals surface area contributed by atoms with Gasteiger partial charge in [-0.1, -0.05) is 36.4 Å². The van der Waals surface area contributed by atoms with E-state index in [1.807, 2.05) is 18.2 Å². The van der Waals surface area contributed by atoms with Crippen LogP contribution in [0.2, 0.25) is 0 Å². The zero-order chi connectivity index (χ0) is 12.8. The summed E-state index contributed by atoms with van der Waals surface area (Å²) in [5, 5.41) is 2.32. The van der Waals surface area contributed by atoms with E-state index >= 15 is 0 Å². The summed E-state index contributed by atoms with van der Waals surface area (Å²) >= 11 is 0. The first-order valence-corrected chi connectivity index (χ1v) is 6.41. The second kappa shape index (κ2) is 3.78. The summed E-state index contributed by atoms with van der Waals surface area (Å²) in [6, 6.07) is 8.21. The van der Waals surface area contributed by atoms with Crippen LogP contribution in [0.4, 0.5) is 5.69 Å². The molecule has 90 valence electrons. The van der Waals surface area contributed by atoms with Crippen molar-refractivity contribution in [1.29, 1.82) is 0 Å². The van der Waals surface area contributed by atoms with E-state index < -0.39 is 0 Å². The fourth-order valence-corrected chi connectivity index (χ4v) is 3.17. The Labute approximate surface area is 110 Å². The summed E-state index contributed by atoms with van der Waals surface area (Å²) in [5.74, 6) is 0. The number of nitrogens with zero attached hydrogens (tertiary/aromatic N) is 1. The predicted molar refractivity (Wildman–Crippen MR) is 77.1 cm³/mol. The first-order chi connectivity index (χ1) is 9.38. The largest absolute Gasteiger partial charge is 0.240 e. The Bertz CT molecular complexity index is 821. The highest BCUT2D eigenvalue weighted by molar-refractivity contribution is 6.07. The Morgan fingerprint density at radius 3 is 3.05 bits per heavy atom. The molecule has 2 aromatic carbocycles. The maximum Gasteiger partial charge on any atom is 0.240 e. The molecular weight excluding hydrogens is 234 g/mol. The second-order valence-electron chi connectivity index (χ2n) is 4.94. The lowest BCUT2D eigenvalue weighted by atomic mass is 9.81. The summed E-state index contributed by atoms with van der Waals surface area (Å²) in [6.07, 6.45) is 10.2. The SMILES string of the molecule is O=C=Nc1cc2c3c4c(cccc14)CC=C3CC=C2. The third-order valence-electron chi connectivity index (χ3n) is 3.95. The molecular formula is C17H11NO. The molecule has 0 fully saturated rings. The first-order valence-electron chi connectivity index (χ1n) is 6.41. The van der Waals surface area contributed by atoms with Gasteiger partial charge in [-0.05, 0) is 46.6 Å². The van der Waals surface area contributed by atoms with Gasteiger partial charge in [-0.2, -0.15) is 4.99 Å². The maximum absolute atomic E-state index is 10.6. The van der Waals surface area contributed by atoms with Gasteiger partial charge in [-0.3, -0.25) is 0 Å². The summed E-state index contributed by atoms with van der Waals surface area (Å²) in [6.45, 7) is 0. The molecule has 0 bridgehead atoms. The number of aliphatic imine (C=N–C) groups is 1. The van der Waals surface area contributed by atoms with Gasteiger partial charge < -0.3 is 0 Å². The number of isocyanates is 1. The highest BCUT2D eigenvalue weighted by atomic mass is 16.1. The van der Waals surface area contributed by atoms with E-state index in [0.29, 0.717) is 0 Å². The quantitative estimate of drug-likeness (QED) is 0.548. The standard InChI is InChI=1S/C17H11NO/c19-10-18-15-9-13-5-1-3-11-7-8-12-4-2-6-14(15)17(12)16(11)13/h1-2,4-7,9H,3,8H2. The molecule has 0 radical (unpaired) electrons. The van der Waals surface area contributed by atoms with E-state index in [0.717, 1.165) is 29.5 Å². The maximum atomic E-state index is 10.6. The van der Waals surface area contributed by atoms with Crippen LogP contribution in [0, 0.1) is 0 Å². The molecule has 0 unspecified atom stereocenters. The number of carbonyl (C=O) groups excluding carboxylic acids is 1. The molecule has 0 aromatic heterocycles. The topological polar surface area (TPSA) is 29.4 Å². The molecule has 2 heteroatoms. The number of hydrogen-bond acceptors (Lipinski definition) is 2.